The molecular formula is C15H16FN3O. The van der Waals surface area contributed by atoms with Gasteiger partial charge in [-0.25, -0.2) is 9.37 Å². The van der Waals surface area contributed by atoms with Crippen molar-refractivity contribution in [3.63, 3.8) is 0 Å². The number of carbonyl (C=O) groups excluding carboxylic acids is 1. The van der Waals surface area contributed by atoms with Gasteiger partial charge in [0.25, 0.3) is 5.91 Å². The number of rotatable bonds is 4. The summed E-state index contributed by atoms with van der Waals surface area (Å²) >= 11 is 0. The van der Waals surface area contributed by atoms with Gasteiger partial charge in [-0.3, -0.25) is 4.79 Å². The number of carbonyl (C=O) groups is 1. The highest BCUT2D eigenvalue weighted by Gasteiger charge is 2.12. The Balaban J connectivity index is 2.06. The summed E-state index contributed by atoms with van der Waals surface area (Å²) in [6.45, 7) is 1.80. The van der Waals surface area contributed by atoms with Gasteiger partial charge in [-0.05, 0) is 36.8 Å². The first-order valence-electron chi connectivity index (χ1n) is 6.30. The van der Waals surface area contributed by atoms with Crippen LogP contribution in [0.25, 0.3) is 0 Å². The Labute approximate surface area is 117 Å². The van der Waals surface area contributed by atoms with E-state index in [4.69, 9.17) is 0 Å². The second-order valence-corrected chi connectivity index (χ2v) is 4.43. The number of benzene rings is 1. The van der Waals surface area contributed by atoms with E-state index in [-0.39, 0.29) is 17.8 Å². The molecule has 5 heteroatoms. The van der Waals surface area contributed by atoms with Crippen LogP contribution >= 0.6 is 0 Å². The molecule has 0 radical (unpaired) electrons. The van der Waals surface area contributed by atoms with Crippen LogP contribution in [0.5, 0.6) is 0 Å². The molecule has 1 aromatic heterocycles. The lowest BCUT2D eigenvalue weighted by molar-refractivity contribution is 0.0935. The topological polar surface area (TPSA) is 54.0 Å². The lowest BCUT2D eigenvalue weighted by Gasteiger charge is -2.14. The van der Waals surface area contributed by atoms with E-state index in [2.05, 4.69) is 15.6 Å². The molecule has 20 heavy (non-hydrogen) atoms. The number of pyridine rings is 1. The minimum absolute atomic E-state index is 0.288. The molecule has 1 unspecified atom stereocenters. The lowest BCUT2D eigenvalue weighted by atomic mass is 10.1. The van der Waals surface area contributed by atoms with E-state index in [0.717, 1.165) is 5.69 Å². The molecule has 0 aliphatic carbocycles. The third-order valence-corrected chi connectivity index (χ3v) is 2.98. The minimum atomic E-state index is -0.319. The molecule has 1 heterocycles. The lowest BCUT2D eigenvalue weighted by Crippen LogP contribution is -2.27. The Hall–Kier alpha value is -2.43. The van der Waals surface area contributed by atoms with Crippen LogP contribution < -0.4 is 10.6 Å². The van der Waals surface area contributed by atoms with Crippen LogP contribution in [0.15, 0.2) is 42.6 Å². The van der Waals surface area contributed by atoms with Crippen molar-refractivity contribution in [1.29, 1.82) is 0 Å². The number of halogens is 1. The van der Waals surface area contributed by atoms with Crippen molar-refractivity contribution in [1.82, 2.24) is 10.3 Å². The predicted octanol–water partition coefficient (Wildman–Crippen LogP) is 2.75. The van der Waals surface area contributed by atoms with E-state index in [1.165, 1.54) is 12.1 Å². The normalized spacial score (nSPS) is 11.8. The molecule has 0 aliphatic rings. The zero-order chi connectivity index (χ0) is 14.5. The quantitative estimate of drug-likeness (QED) is 0.900. The highest BCUT2D eigenvalue weighted by molar-refractivity contribution is 5.92. The van der Waals surface area contributed by atoms with Crippen LogP contribution in [0.1, 0.15) is 29.0 Å². The van der Waals surface area contributed by atoms with Gasteiger partial charge in [0.05, 0.1) is 17.9 Å². The monoisotopic (exact) mass is 273 g/mol. The Morgan fingerprint density at radius 3 is 2.70 bits per heavy atom. The number of aromatic nitrogens is 1. The number of hydrogen-bond acceptors (Lipinski definition) is 3. The molecule has 1 amide bonds. The molecule has 2 rings (SSSR count). The molecular weight excluding hydrogens is 257 g/mol. The van der Waals surface area contributed by atoms with Gasteiger partial charge in [0.15, 0.2) is 0 Å². The van der Waals surface area contributed by atoms with Crippen molar-refractivity contribution >= 4 is 11.6 Å². The van der Waals surface area contributed by atoms with Gasteiger partial charge in [-0.2, -0.15) is 0 Å². The van der Waals surface area contributed by atoms with E-state index in [9.17, 15) is 9.18 Å². The van der Waals surface area contributed by atoms with E-state index < -0.39 is 0 Å². The van der Waals surface area contributed by atoms with Gasteiger partial charge in [0.2, 0.25) is 0 Å². The fourth-order valence-electron chi connectivity index (χ4n) is 1.81. The van der Waals surface area contributed by atoms with Gasteiger partial charge < -0.3 is 10.6 Å². The minimum Gasteiger partial charge on any atom is -0.387 e. The van der Waals surface area contributed by atoms with Crippen molar-refractivity contribution in [2.75, 3.05) is 12.4 Å². The molecule has 0 saturated carbocycles. The number of nitrogens with one attached hydrogen (secondary N) is 2. The number of amides is 1. The fourth-order valence-corrected chi connectivity index (χ4v) is 1.81. The molecule has 4 nitrogen and oxygen atoms in total. The molecule has 1 atom stereocenters. The summed E-state index contributed by atoms with van der Waals surface area (Å²) in [6.07, 6.45) is 1.59. The molecule has 0 fully saturated rings. The highest BCUT2D eigenvalue weighted by atomic mass is 19.1. The summed E-state index contributed by atoms with van der Waals surface area (Å²) in [7, 11) is 1.78. The van der Waals surface area contributed by atoms with Crippen molar-refractivity contribution in [3.8, 4) is 0 Å². The van der Waals surface area contributed by atoms with Crippen molar-refractivity contribution in [2.24, 2.45) is 0 Å². The van der Waals surface area contributed by atoms with Crippen LogP contribution in [0.3, 0.4) is 0 Å². The largest absolute Gasteiger partial charge is 0.387 e. The zero-order valence-electron chi connectivity index (χ0n) is 11.4. The molecule has 2 N–H and O–H groups in total. The fraction of sp³-hybridized carbons (Fsp3) is 0.200. The molecule has 104 valence electrons. The van der Waals surface area contributed by atoms with E-state index in [0.29, 0.717) is 11.3 Å². The Morgan fingerprint density at radius 2 is 2.10 bits per heavy atom. The predicted molar refractivity (Wildman–Crippen MR) is 76.1 cm³/mol. The van der Waals surface area contributed by atoms with Crippen molar-refractivity contribution in [2.45, 2.75) is 13.0 Å². The first-order chi connectivity index (χ1) is 9.60. The van der Waals surface area contributed by atoms with E-state index in [1.807, 2.05) is 0 Å². The average Bonchev–Trinajstić information content (AvgIpc) is 2.47. The Kier molecular flexibility index (Phi) is 4.30. The summed E-state index contributed by atoms with van der Waals surface area (Å²) in [4.78, 5) is 16.1. The van der Waals surface area contributed by atoms with E-state index in [1.54, 1.807) is 44.4 Å². The number of anilines is 1. The third-order valence-electron chi connectivity index (χ3n) is 2.98. The van der Waals surface area contributed by atoms with Crippen LogP contribution in [0.4, 0.5) is 10.1 Å². The highest BCUT2D eigenvalue weighted by Crippen LogP contribution is 2.14. The molecule has 0 aliphatic heterocycles. The molecule has 2 aromatic rings. The van der Waals surface area contributed by atoms with Gasteiger partial charge in [-0.1, -0.05) is 12.1 Å². The average molecular weight is 273 g/mol. The summed E-state index contributed by atoms with van der Waals surface area (Å²) in [5.41, 5.74) is 1.87. The first-order valence-corrected chi connectivity index (χ1v) is 6.30. The molecule has 0 saturated heterocycles. The summed E-state index contributed by atoms with van der Waals surface area (Å²) < 4.78 is 13.1. The zero-order valence-corrected chi connectivity index (χ0v) is 11.4. The SMILES string of the molecule is CNc1ccc(C(=O)NC(C)c2cccc(F)c2)nc1. The third kappa shape index (κ3) is 3.32. The Bertz CT molecular complexity index is 598. The van der Waals surface area contributed by atoms with Crippen LogP contribution in [-0.2, 0) is 0 Å². The van der Waals surface area contributed by atoms with Gasteiger partial charge in [0.1, 0.15) is 11.5 Å². The second-order valence-electron chi connectivity index (χ2n) is 4.43. The maximum absolute atomic E-state index is 13.1. The Morgan fingerprint density at radius 1 is 1.30 bits per heavy atom. The maximum atomic E-state index is 13.1. The van der Waals surface area contributed by atoms with Crippen LogP contribution in [0, 0.1) is 5.82 Å². The number of nitrogens with zero attached hydrogens (tertiary/aromatic N) is 1. The maximum Gasteiger partial charge on any atom is 0.270 e. The van der Waals surface area contributed by atoms with Gasteiger partial charge in [-0.15, -0.1) is 0 Å². The molecule has 0 bridgehead atoms. The van der Waals surface area contributed by atoms with Gasteiger partial charge in [0, 0.05) is 7.05 Å². The number of hydrogen-bond donors (Lipinski definition) is 2. The van der Waals surface area contributed by atoms with Crippen LogP contribution in [-0.4, -0.2) is 17.9 Å². The van der Waals surface area contributed by atoms with E-state index >= 15 is 0 Å². The molecule has 0 spiro atoms. The first kappa shape index (κ1) is 14.0. The van der Waals surface area contributed by atoms with Gasteiger partial charge >= 0.3 is 0 Å². The summed E-state index contributed by atoms with van der Waals surface area (Å²) in [6, 6.07) is 9.29. The van der Waals surface area contributed by atoms with Crippen LogP contribution in [0.2, 0.25) is 0 Å². The summed E-state index contributed by atoms with van der Waals surface area (Å²) in [5, 5.41) is 5.72. The second kappa shape index (κ2) is 6.14. The standard InChI is InChI=1S/C15H16FN3O/c1-10(11-4-3-5-12(16)8-11)19-15(20)14-7-6-13(17-2)9-18-14/h3-10,17H,1-2H3,(H,19,20). The molecule has 1 aromatic carbocycles. The smallest absolute Gasteiger partial charge is 0.270 e. The summed E-state index contributed by atoms with van der Waals surface area (Å²) in [5.74, 6) is -0.607. The van der Waals surface area contributed by atoms with Crippen molar-refractivity contribution < 1.29 is 9.18 Å². The van der Waals surface area contributed by atoms with Crippen molar-refractivity contribution in [3.05, 3.63) is 59.7 Å².